The lowest BCUT2D eigenvalue weighted by Crippen LogP contribution is -2.36. The van der Waals surface area contributed by atoms with Gasteiger partial charge in [0.2, 0.25) is 5.91 Å². The summed E-state index contributed by atoms with van der Waals surface area (Å²) in [6, 6.07) is 11.0. The van der Waals surface area contributed by atoms with Gasteiger partial charge in [-0.25, -0.2) is 9.18 Å². The second-order valence-corrected chi connectivity index (χ2v) is 11.9. The minimum absolute atomic E-state index is 0.152. The molecule has 1 fully saturated rings. The van der Waals surface area contributed by atoms with Crippen LogP contribution in [0.5, 0.6) is 11.5 Å². The van der Waals surface area contributed by atoms with Crippen LogP contribution in [0.4, 0.5) is 14.2 Å². The number of fused-ring (bicyclic) bond motifs is 1. The summed E-state index contributed by atoms with van der Waals surface area (Å²) >= 11 is 2.07. The first kappa shape index (κ1) is 30.3. The molecule has 1 aromatic heterocycles. The number of thiophene rings is 1. The van der Waals surface area contributed by atoms with E-state index in [0.29, 0.717) is 27.6 Å². The molecule has 2 heterocycles. The lowest BCUT2D eigenvalue weighted by Gasteiger charge is -2.13. The fourth-order valence-corrected chi connectivity index (χ4v) is 6.94. The summed E-state index contributed by atoms with van der Waals surface area (Å²) in [7, 11) is 1.48. The Labute approximate surface area is 256 Å². The van der Waals surface area contributed by atoms with Crippen molar-refractivity contribution in [1.82, 2.24) is 4.90 Å². The summed E-state index contributed by atoms with van der Waals surface area (Å²) < 4.78 is 29.6. The lowest BCUT2D eigenvalue weighted by atomic mass is 9.95. The number of carbonyl (C=O) groups excluding carboxylic acids is 4. The third-order valence-electron chi connectivity index (χ3n) is 6.87. The van der Waals surface area contributed by atoms with Gasteiger partial charge in [0.1, 0.15) is 24.0 Å². The molecule has 1 aliphatic heterocycles. The number of imide groups is 1. The predicted molar refractivity (Wildman–Crippen MR) is 162 cm³/mol. The first-order valence-electron chi connectivity index (χ1n) is 13.7. The Morgan fingerprint density at radius 3 is 2.58 bits per heavy atom. The first-order chi connectivity index (χ1) is 20.8. The smallest absolute Gasteiger partial charge is 0.341 e. The van der Waals surface area contributed by atoms with Gasteiger partial charge in [0, 0.05) is 4.88 Å². The van der Waals surface area contributed by atoms with Crippen LogP contribution < -0.4 is 14.8 Å². The molecule has 1 saturated heterocycles. The molecule has 0 saturated carbocycles. The average molecular weight is 625 g/mol. The molecule has 2 aliphatic rings. The SMILES string of the molecule is CCOC(=O)c1c(NC(=O)CN2C(=O)S/C(=C/c3ccc(OCc4ccc(F)cc4)c(OC)c3)C2=O)sc2c1CCCC2. The lowest BCUT2D eigenvalue weighted by molar-refractivity contribution is -0.127. The number of hydrogen-bond acceptors (Lipinski definition) is 9. The highest BCUT2D eigenvalue weighted by atomic mass is 32.2. The molecule has 0 atom stereocenters. The van der Waals surface area contributed by atoms with Gasteiger partial charge in [-0.05, 0) is 91.4 Å². The Bertz CT molecular complexity index is 1600. The van der Waals surface area contributed by atoms with Crippen molar-refractivity contribution < 1.29 is 37.8 Å². The molecule has 9 nitrogen and oxygen atoms in total. The molecule has 43 heavy (non-hydrogen) atoms. The van der Waals surface area contributed by atoms with E-state index in [1.807, 2.05) is 0 Å². The zero-order valence-electron chi connectivity index (χ0n) is 23.6. The van der Waals surface area contributed by atoms with Crippen LogP contribution in [0.25, 0.3) is 6.08 Å². The Morgan fingerprint density at radius 2 is 1.84 bits per heavy atom. The van der Waals surface area contributed by atoms with E-state index in [-0.39, 0.29) is 23.9 Å². The molecule has 224 valence electrons. The van der Waals surface area contributed by atoms with Crippen molar-refractivity contribution in [1.29, 1.82) is 0 Å². The molecule has 3 amide bonds. The van der Waals surface area contributed by atoms with Crippen LogP contribution in [0, 0.1) is 5.82 Å². The number of benzene rings is 2. The number of ether oxygens (including phenoxy) is 3. The number of carbonyl (C=O) groups is 4. The summed E-state index contributed by atoms with van der Waals surface area (Å²) in [4.78, 5) is 53.6. The van der Waals surface area contributed by atoms with Crippen LogP contribution in [0.1, 0.15) is 51.7 Å². The van der Waals surface area contributed by atoms with Gasteiger partial charge < -0.3 is 19.5 Å². The zero-order valence-corrected chi connectivity index (χ0v) is 25.2. The highest BCUT2D eigenvalue weighted by Gasteiger charge is 2.37. The standard InChI is InChI=1S/C31H29FN2O7S2/c1-3-40-30(37)27-21-6-4-5-7-24(21)42-28(27)33-26(35)16-34-29(36)25(43-31(34)38)15-19-10-13-22(23(14-19)39-2)41-17-18-8-11-20(32)12-9-18/h8-15H,3-7,16-17H2,1-2H3,(H,33,35)/b25-15+. The van der Waals surface area contributed by atoms with Crippen molar-refractivity contribution in [3.63, 3.8) is 0 Å². The van der Waals surface area contributed by atoms with Crippen molar-refractivity contribution in [3.8, 4) is 11.5 Å². The van der Waals surface area contributed by atoms with E-state index in [1.54, 1.807) is 43.3 Å². The Morgan fingerprint density at radius 1 is 1.07 bits per heavy atom. The summed E-state index contributed by atoms with van der Waals surface area (Å²) in [5.74, 6) is -1.15. The van der Waals surface area contributed by atoms with Gasteiger partial charge in [-0.1, -0.05) is 18.2 Å². The van der Waals surface area contributed by atoms with Gasteiger partial charge in [0.25, 0.3) is 11.1 Å². The summed E-state index contributed by atoms with van der Waals surface area (Å²) in [6.07, 6.45) is 5.05. The van der Waals surface area contributed by atoms with Crippen molar-refractivity contribution in [2.75, 3.05) is 25.6 Å². The number of nitrogens with zero attached hydrogens (tertiary/aromatic N) is 1. The molecule has 0 radical (unpaired) electrons. The number of halogens is 1. The minimum atomic E-state index is -0.600. The molecule has 12 heteroatoms. The number of anilines is 1. The number of rotatable bonds is 10. The Hall–Kier alpha value is -4.16. The van der Waals surface area contributed by atoms with Gasteiger partial charge in [0.15, 0.2) is 11.5 Å². The van der Waals surface area contributed by atoms with Gasteiger partial charge >= 0.3 is 5.97 Å². The number of methoxy groups -OCH3 is 1. The number of thioether (sulfide) groups is 1. The van der Waals surface area contributed by atoms with Crippen LogP contribution in [-0.4, -0.2) is 48.2 Å². The van der Waals surface area contributed by atoms with Crippen LogP contribution in [0.3, 0.4) is 0 Å². The molecule has 0 unspecified atom stereocenters. The molecule has 1 N–H and O–H groups in total. The number of amides is 3. The highest BCUT2D eigenvalue weighted by molar-refractivity contribution is 8.18. The quantitative estimate of drug-likeness (QED) is 0.210. The van der Waals surface area contributed by atoms with E-state index in [4.69, 9.17) is 14.2 Å². The number of hydrogen-bond donors (Lipinski definition) is 1. The number of aryl methyl sites for hydroxylation is 1. The molecule has 2 aromatic carbocycles. The normalized spacial score (nSPS) is 15.4. The maximum atomic E-state index is 13.2. The van der Waals surface area contributed by atoms with Gasteiger partial charge in [-0.2, -0.15) is 0 Å². The zero-order chi connectivity index (χ0) is 30.5. The molecule has 1 aliphatic carbocycles. The highest BCUT2D eigenvalue weighted by Crippen LogP contribution is 2.39. The van der Waals surface area contributed by atoms with E-state index >= 15 is 0 Å². The topological polar surface area (TPSA) is 111 Å². The van der Waals surface area contributed by atoms with Crippen LogP contribution in [0.15, 0.2) is 47.4 Å². The van der Waals surface area contributed by atoms with Crippen molar-refractivity contribution >= 4 is 57.2 Å². The van der Waals surface area contributed by atoms with Crippen molar-refractivity contribution in [3.05, 3.63) is 80.3 Å². The Kier molecular flexibility index (Phi) is 9.46. The first-order valence-corrected chi connectivity index (χ1v) is 15.3. The summed E-state index contributed by atoms with van der Waals surface area (Å²) in [5.41, 5.74) is 2.63. The van der Waals surface area contributed by atoms with Crippen molar-refractivity contribution in [2.24, 2.45) is 0 Å². The van der Waals surface area contributed by atoms with Gasteiger partial charge in [-0.3, -0.25) is 19.3 Å². The predicted octanol–water partition coefficient (Wildman–Crippen LogP) is 6.21. The monoisotopic (exact) mass is 624 g/mol. The minimum Gasteiger partial charge on any atom is -0.493 e. The van der Waals surface area contributed by atoms with Crippen LogP contribution in [0.2, 0.25) is 0 Å². The average Bonchev–Trinajstić information content (AvgIpc) is 3.48. The van der Waals surface area contributed by atoms with E-state index in [2.05, 4.69) is 5.32 Å². The largest absolute Gasteiger partial charge is 0.493 e. The third kappa shape index (κ3) is 6.91. The van der Waals surface area contributed by atoms with Crippen LogP contribution >= 0.6 is 23.1 Å². The molecular formula is C31H29FN2O7S2. The van der Waals surface area contributed by atoms with E-state index in [9.17, 15) is 23.6 Å². The number of nitrogens with one attached hydrogen (secondary N) is 1. The summed E-state index contributed by atoms with van der Waals surface area (Å²) in [5, 5.41) is 2.55. The van der Waals surface area contributed by atoms with E-state index < -0.39 is 29.6 Å². The Balaban J connectivity index is 1.26. The van der Waals surface area contributed by atoms with E-state index in [0.717, 1.165) is 58.3 Å². The third-order valence-corrected chi connectivity index (χ3v) is 8.99. The maximum absolute atomic E-state index is 13.2. The second kappa shape index (κ2) is 13.4. The fourth-order valence-electron chi connectivity index (χ4n) is 4.81. The van der Waals surface area contributed by atoms with Gasteiger partial charge in [-0.15, -0.1) is 11.3 Å². The van der Waals surface area contributed by atoms with Crippen molar-refractivity contribution in [2.45, 2.75) is 39.2 Å². The second-order valence-electron chi connectivity index (χ2n) is 9.78. The number of esters is 1. The molecule has 5 rings (SSSR count). The van der Waals surface area contributed by atoms with Gasteiger partial charge in [0.05, 0.1) is 24.2 Å². The molecular weight excluding hydrogens is 595 g/mol. The fraction of sp³-hybridized carbons (Fsp3) is 0.290. The molecule has 3 aromatic rings. The summed E-state index contributed by atoms with van der Waals surface area (Å²) in [6.45, 7) is 1.63. The van der Waals surface area contributed by atoms with E-state index in [1.165, 1.54) is 30.6 Å². The molecule has 0 bridgehead atoms. The van der Waals surface area contributed by atoms with Crippen LogP contribution in [-0.2, 0) is 33.8 Å². The maximum Gasteiger partial charge on any atom is 0.341 e. The molecule has 0 spiro atoms.